The zero-order valence-electron chi connectivity index (χ0n) is 16.4. The van der Waals surface area contributed by atoms with Crippen LogP contribution in [0.1, 0.15) is 23.9 Å². The molecule has 0 aliphatic carbocycles. The van der Waals surface area contributed by atoms with Gasteiger partial charge in [0.25, 0.3) is 0 Å². The van der Waals surface area contributed by atoms with E-state index in [4.69, 9.17) is 21.1 Å². The van der Waals surface area contributed by atoms with Crippen molar-refractivity contribution >= 4 is 29.3 Å². The van der Waals surface area contributed by atoms with Crippen molar-refractivity contribution < 1.29 is 14.3 Å². The summed E-state index contributed by atoms with van der Waals surface area (Å²) in [6.07, 6.45) is 0.751. The molecule has 0 bridgehead atoms. The third-order valence-corrected chi connectivity index (χ3v) is 6.08. The van der Waals surface area contributed by atoms with E-state index in [-0.39, 0.29) is 24.3 Å². The summed E-state index contributed by atoms with van der Waals surface area (Å²) in [6, 6.07) is 15.0. The minimum absolute atomic E-state index is 0.0397. The molecule has 1 aliphatic rings. The first-order valence-corrected chi connectivity index (χ1v) is 10.9. The number of para-hydroxylation sites is 2. The molecule has 4 rings (SSSR count). The fraction of sp³-hybridized carbons (Fsp3) is 0.286. The number of nitrogens with one attached hydrogen (secondary N) is 1. The number of hydrogen-bond donors (Lipinski definition) is 1. The maximum Gasteiger partial charge on any atom is 0.230 e. The number of thioether (sulfide) groups is 1. The van der Waals surface area contributed by atoms with Crippen LogP contribution >= 0.6 is 23.4 Å². The molecule has 1 amide bonds. The highest BCUT2D eigenvalue weighted by molar-refractivity contribution is 7.99. The van der Waals surface area contributed by atoms with E-state index < -0.39 is 0 Å². The van der Waals surface area contributed by atoms with Crippen molar-refractivity contribution in [1.82, 2.24) is 20.1 Å². The van der Waals surface area contributed by atoms with Gasteiger partial charge < -0.3 is 19.4 Å². The monoisotopic (exact) mass is 444 g/mol. The Morgan fingerprint density at radius 2 is 2.07 bits per heavy atom. The molecular weight excluding hydrogens is 424 g/mol. The molecule has 0 saturated heterocycles. The van der Waals surface area contributed by atoms with Crippen LogP contribution in [0.5, 0.6) is 11.5 Å². The number of fused-ring (bicyclic) bond motifs is 1. The smallest absolute Gasteiger partial charge is 0.230 e. The topological polar surface area (TPSA) is 78.3 Å². The Morgan fingerprint density at radius 3 is 2.93 bits per heavy atom. The van der Waals surface area contributed by atoms with Crippen molar-refractivity contribution in [3.05, 3.63) is 64.9 Å². The molecule has 7 nitrogen and oxygen atoms in total. The maximum absolute atomic E-state index is 12.5. The van der Waals surface area contributed by atoms with Gasteiger partial charge in [0.15, 0.2) is 11.0 Å². The van der Waals surface area contributed by atoms with E-state index in [1.54, 1.807) is 12.1 Å². The van der Waals surface area contributed by atoms with Crippen molar-refractivity contribution in [2.45, 2.75) is 24.2 Å². The third-order valence-electron chi connectivity index (χ3n) is 4.74. The van der Waals surface area contributed by atoms with Gasteiger partial charge in [0, 0.05) is 19.0 Å². The van der Waals surface area contributed by atoms with Crippen LogP contribution in [-0.2, 0) is 18.4 Å². The number of nitrogens with zero attached hydrogens (tertiary/aromatic N) is 3. The SMILES string of the molecule is Cn1c(COc2ccccc2Cl)nnc1SCC(=O)NC1CCOc2ccccc21. The van der Waals surface area contributed by atoms with Crippen LogP contribution < -0.4 is 14.8 Å². The number of aromatic nitrogens is 3. The molecule has 0 radical (unpaired) electrons. The maximum atomic E-state index is 12.5. The van der Waals surface area contributed by atoms with Gasteiger partial charge in [0.1, 0.15) is 18.1 Å². The van der Waals surface area contributed by atoms with Crippen LogP contribution in [0.4, 0.5) is 0 Å². The molecule has 3 aromatic rings. The Hall–Kier alpha value is -2.71. The van der Waals surface area contributed by atoms with Crippen LogP contribution in [-0.4, -0.2) is 33.0 Å². The number of halogens is 1. The van der Waals surface area contributed by atoms with Gasteiger partial charge >= 0.3 is 0 Å². The van der Waals surface area contributed by atoms with E-state index in [0.29, 0.717) is 28.4 Å². The van der Waals surface area contributed by atoms with Crippen molar-refractivity contribution in [2.75, 3.05) is 12.4 Å². The Labute approximate surface area is 183 Å². The number of ether oxygens (including phenoxy) is 2. The van der Waals surface area contributed by atoms with Gasteiger partial charge in [-0.05, 0) is 18.2 Å². The number of carbonyl (C=O) groups is 1. The lowest BCUT2D eigenvalue weighted by atomic mass is 10.0. The average Bonchev–Trinajstić information content (AvgIpc) is 3.11. The fourth-order valence-corrected chi connectivity index (χ4v) is 4.09. The highest BCUT2D eigenvalue weighted by atomic mass is 35.5. The molecule has 0 saturated carbocycles. The van der Waals surface area contributed by atoms with Crippen molar-refractivity contribution in [1.29, 1.82) is 0 Å². The molecule has 0 spiro atoms. The van der Waals surface area contributed by atoms with Gasteiger partial charge in [-0.2, -0.15) is 0 Å². The molecule has 30 heavy (non-hydrogen) atoms. The number of amides is 1. The second-order valence-corrected chi connectivity index (χ2v) is 8.11. The summed E-state index contributed by atoms with van der Waals surface area (Å²) in [7, 11) is 1.85. The van der Waals surface area contributed by atoms with Gasteiger partial charge in [-0.15, -0.1) is 10.2 Å². The van der Waals surface area contributed by atoms with E-state index >= 15 is 0 Å². The summed E-state index contributed by atoms with van der Waals surface area (Å²) in [6.45, 7) is 0.825. The van der Waals surface area contributed by atoms with Crippen molar-refractivity contribution in [2.24, 2.45) is 7.05 Å². The zero-order valence-corrected chi connectivity index (χ0v) is 17.9. The fourth-order valence-electron chi connectivity index (χ4n) is 3.16. The lowest BCUT2D eigenvalue weighted by Gasteiger charge is -2.26. The first-order chi connectivity index (χ1) is 14.6. The molecule has 2 heterocycles. The largest absolute Gasteiger partial charge is 0.493 e. The number of carbonyl (C=O) groups excluding carboxylic acids is 1. The summed E-state index contributed by atoms with van der Waals surface area (Å²) in [5.41, 5.74) is 1.01. The molecule has 1 aromatic heterocycles. The summed E-state index contributed by atoms with van der Waals surface area (Å²) >= 11 is 7.44. The molecule has 1 atom stereocenters. The van der Waals surface area contributed by atoms with E-state index in [9.17, 15) is 4.79 Å². The van der Waals surface area contributed by atoms with Gasteiger partial charge in [-0.1, -0.05) is 53.7 Å². The second-order valence-electron chi connectivity index (χ2n) is 6.76. The predicted octanol–water partition coefficient (Wildman–Crippen LogP) is 3.78. The summed E-state index contributed by atoms with van der Waals surface area (Å²) < 4.78 is 13.2. The predicted molar refractivity (Wildman–Crippen MR) is 115 cm³/mol. The van der Waals surface area contributed by atoms with E-state index in [2.05, 4.69) is 15.5 Å². The van der Waals surface area contributed by atoms with Crippen LogP contribution in [0, 0.1) is 0 Å². The summed E-state index contributed by atoms with van der Waals surface area (Å²) in [5, 5.41) is 12.6. The van der Waals surface area contributed by atoms with Crippen molar-refractivity contribution in [3.8, 4) is 11.5 Å². The van der Waals surface area contributed by atoms with Gasteiger partial charge in [0.05, 0.1) is 23.4 Å². The number of benzene rings is 2. The molecular formula is C21H21ClN4O3S. The minimum atomic E-state index is -0.0569. The minimum Gasteiger partial charge on any atom is -0.493 e. The second kappa shape index (κ2) is 9.40. The molecule has 1 N–H and O–H groups in total. The molecule has 9 heteroatoms. The highest BCUT2D eigenvalue weighted by Crippen LogP contribution is 2.31. The Bertz CT molecular complexity index is 1040. The Kier molecular flexibility index (Phi) is 6.44. The van der Waals surface area contributed by atoms with Gasteiger partial charge in [0.2, 0.25) is 5.91 Å². The first kappa shape index (κ1) is 20.6. The van der Waals surface area contributed by atoms with E-state index in [0.717, 1.165) is 17.7 Å². The molecule has 1 aliphatic heterocycles. The normalized spacial score (nSPS) is 15.2. The van der Waals surface area contributed by atoms with Crippen molar-refractivity contribution in [3.63, 3.8) is 0 Å². The average molecular weight is 445 g/mol. The zero-order chi connectivity index (χ0) is 20.9. The van der Waals surface area contributed by atoms with E-state index in [1.807, 2.05) is 48.0 Å². The molecule has 1 unspecified atom stereocenters. The number of rotatable bonds is 7. The lowest BCUT2D eigenvalue weighted by Crippen LogP contribution is -2.33. The molecule has 0 fully saturated rings. The summed E-state index contributed by atoms with van der Waals surface area (Å²) in [5.74, 6) is 2.26. The van der Waals surface area contributed by atoms with Crippen LogP contribution in [0.2, 0.25) is 5.02 Å². The van der Waals surface area contributed by atoms with Crippen LogP contribution in [0.15, 0.2) is 53.7 Å². The third kappa shape index (κ3) is 4.71. The quantitative estimate of drug-likeness (QED) is 0.559. The summed E-state index contributed by atoms with van der Waals surface area (Å²) in [4.78, 5) is 12.5. The van der Waals surface area contributed by atoms with Crippen LogP contribution in [0.25, 0.3) is 0 Å². The lowest BCUT2D eigenvalue weighted by molar-refractivity contribution is -0.119. The Balaban J connectivity index is 1.31. The number of hydrogen-bond acceptors (Lipinski definition) is 6. The van der Waals surface area contributed by atoms with Gasteiger partial charge in [-0.25, -0.2) is 0 Å². The Morgan fingerprint density at radius 1 is 1.27 bits per heavy atom. The molecule has 2 aromatic carbocycles. The van der Waals surface area contributed by atoms with E-state index in [1.165, 1.54) is 11.8 Å². The first-order valence-electron chi connectivity index (χ1n) is 9.51. The van der Waals surface area contributed by atoms with Crippen LogP contribution in [0.3, 0.4) is 0 Å². The standard InChI is InChI=1S/C21H21ClN4O3S/c1-26-19(12-29-18-9-5-3-7-15(18)22)24-25-21(26)30-13-20(27)23-16-10-11-28-17-8-4-2-6-14(16)17/h2-9,16H,10-13H2,1H3,(H,23,27). The molecule has 156 valence electrons. The van der Waals surface area contributed by atoms with Gasteiger partial charge in [-0.3, -0.25) is 4.79 Å². The highest BCUT2D eigenvalue weighted by Gasteiger charge is 2.23.